The molecule has 0 unspecified atom stereocenters. The lowest BCUT2D eigenvalue weighted by molar-refractivity contribution is 0.278. The van der Waals surface area contributed by atoms with Gasteiger partial charge >= 0.3 is 0 Å². The van der Waals surface area contributed by atoms with Gasteiger partial charge in [0.15, 0.2) is 5.03 Å². The third-order valence-electron chi connectivity index (χ3n) is 2.54. The maximum absolute atomic E-state index is 12.2. The summed E-state index contributed by atoms with van der Waals surface area (Å²) in [7, 11) is -2.39. The SMILES string of the molecule is COc1ccc(Br)c(NS(=O)(=O)c2[nH]ncc2CO)c1. The van der Waals surface area contributed by atoms with Crippen LogP contribution in [0.15, 0.2) is 33.9 Å². The van der Waals surface area contributed by atoms with E-state index in [2.05, 4.69) is 30.8 Å². The van der Waals surface area contributed by atoms with Crippen molar-refractivity contribution < 1.29 is 18.3 Å². The molecule has 0 amide bonds. The zero-order valence-corrected chi connectivity index (χ0v) is 12.8. The summed E-state index contributed by atoms with van der Waals surface area (Å²) in [5, 5.41) is 14.9. The van der Waals surface area contributed by atoms with E-state index >= 15 is 0 Å². The minimum Gasteiger partial charge on any atom is -0.497 e. The Hall–Kier alpha value is -1.58. The van der Waals surface area contributed by atoms with E-state index in [0.29, 0.717) is 15.9 Å². The summed E-state index contributed by atoms with van der Waals surface area (Å²) < 4.78 is 32.5. The van der Waals surface area contributed by atoms with Crippen molar-refractivity contribution in [3.63, 3.8) is 0 Å². The van der Waals surface area contributed by atoms with E-state index in [9.17, 15) is 8.42 Å². The van der Waals surface area contributed by atoms with Gasteiger partial charge in [0.1, 0.15) is 5.75 Å². The van der Waals surface area contributed by atoms with Crippen molar-refractivity contribution in [1.29, 1.82) is 0 Å². The van der Waals surface area contributed by atoms with Gasteiger partial charge in [0.05, 0.1) is 25.6 Å². The lowest BCUT2D eigenvalue weighted by Gasteiger charge is -2.10. The standard InChI is InChI=1S/C11H12BrN3O4S/c1-19-8-2-3-9(12)10(4-8)15-20(17,18)11-7(6-16)5-13-14-11/h2-5,15-16H,6H2,1H3,(H,13,14). The highest BCUT2D eigenvalue weighted by Gasteiger charge is 2.21. The maximum Gasteiger partial charge on any atom is 0.279 e. The van der Waals surface area contributed by atoms with Crippen molar-refractivity contribution in [2.24, 2.45) is 0 Å². The molecule has 2 rings (SSSR count). The fraction of sp³-hybridized carbons (Fsp3) is 0.182. The Bertz CT molecular complexity index is 714. The number of anilines is 1. The largest absolute Gasteiger partial charge is 0.497 e. The molecule has 2 aromatic rings. The molecule has 0 saturated carbocycles. The van der Waals surface area contributed by atoms with Gasteiger partial charge in [-0.2, -0.15) is 13.5 Å². The van der Waals surface area contributed by atoms with Crippen LogP contribution >= 0.6 is 15.9 Å². The first kappa shape index (κ1) is 14.8. The van der Waals surface area contributed by atoms with Crippen molar-refractivity contribution in [3.05, 3.63) is 34.4 Å². The highest BCUT2D eigenvalue weighted by atomic mass is 79.9. The summed E-state index contributed by atoms with van der Waals surface area (Å²) in [6.45, 7) is -0.425. The van der Waals surface area contributed by atoms with E-state index in [4.69, 9.17) is 9.84 Å². The summed E-state index contributed by atoms with van der Waals surface area (Å²) in [4.78, 5) is 0. The first-order valence-corrected chi connectivity index (χ1v) is 7.75. The Kier molecular flexibility index (Phi) is 4.31. The van der Waals surface area contributed by atoms with E-state index in [1.165, 1.54) is 19.4 Å². The number of sulfonamides is 1. The van der Waals surface area contributed by atoms with Crippen LogP contribution in [-0.2, 0) is 16.6 Å². The number of rotatable bonds is 5. The summed E-state index contributed by atoms with van der Waals surface area (Å²) in [6, 6.07) is 4.89. The van der Waals surface area contributed by atoms with E-state index in [1.807, 2.05) is 0 Å². The number of benzene rings is 1. The highest BCUT2D eigenvalue weighted by Crippen LogP contribution is 2.29. The molecule has 1 heterocycles. The molecule has 1 aromatic heterocycles. The Morgan fingerprint density at radius 2 is 2.25 bits per heavy atom. The predicted molar refractivity (Wildman–Crippen MR) is 76.0 cm³/mol. The van der Waals surface area contributed by atoms with Gasteiger partial charge in [-0.15, -0.1) is 0 Å². The second-order valence-corrected chi connectivity index (χ2v) is 6.31. The van der Waals surface area contributed by atoms with Crippen LogP contribution in [0.5, 0.6) is 5.75 Å². The minimum absolute atomic E-state index is 0.172. The summed E-state index contributed by atoms with van der Waals surface area (Å²) in [5.74, 6) is 0.512. The lowest BCUT2D eigenvalue weighted by Crippen LogP contribution is -2.15. The number of aliphatic hydroxyl groups excluding tert-OH is 1. The van der Waals surface area contributed by atoms with Crippen molar-refractivity contribution in [1.82, 2.24) is 10.2 Å². The normalized spacial score (nSPS) is 11.3. The third-order valence-corrected chi connectivity index (χ3v) is 4.61. The monoisotopic (exact) mass is 361 g/mol. The Morgan fingerprint density at radius 3 is 2.90 bits per heavy atom. The quantitative estimate of drug-likeness (QED) is 0.747. The second kappa shape index (κ2) is 5.81. The Morgan fingerprint density at radius 1 is 1.50 bits per heavy atom. The topological polar surface area (TPSA) is 104 Å². The van der Waals surface area contributed by atoms with Gasteiger partial charge in [-0.05, 0) is 28.1 Å². The van der Waals surface area contributed by atoms with Crippen LogP contribution < -0.4 is 9.46 Å². The molecule has 9 heteroatoms. The molecule has 0 aliphatic heterocycles. The first-order valence-electron chi connectivity index (χ1n) is 5.47. The van der Waals surface area contributed by atoms with Crippen LogP contribution in [0.25, 0.3) is 0 Å². The number of halogens is 1. The van der Waals surface area contributed by atoms with E-state index in [0.717, 1.165) is 0 Å². The van der Waals surface area contributed by atoms with Gasteiger partial charge in [0, 0.05) is 16.1 Å². The van der Waals surface area contributed by atoms with E-state index in [1.54, 1.807) is 12.1 Å². The van der Waals surface area contributed by atoms with Crippen LogP contribution in [0.4, 0.5) is 5.69 Å². The van der Waals surface area contributed by atoms with Crippen LogP contribution in [0.3, 0.4) is 0 Å². The fourth-order valence-electron chi connectivity index (χ4n) is 1.55. The van der Waals surface area contributed by atoms with E-state index in [-0.39, 0.29) is 10.6 Å². The van der Waals surface area contributed by atoms with Crippen molar-refractivity contribution in [3.8, 4) is 5.75 Å². The van der Waals surface area contributed by atoms with Crippen molar-refractivity contribution in [2.45, 2.75) is 11.6 Å². The molecule has 7 nitrogen and oxygen atoms in total. The maximum atomic E-state index is 12.2. The summed E-state index contributed by atoms with van der Waals surface area (Å²) in [5.41, 5.74) is 0.513. The zero-order valence-electron chi connectivity index (χ0n) is 10.4. The van der Waals surface area contributed by atoms with Gasteiger partial charge in [-0.1, -0.05) is 0 Å². The number of nitrogens with zero attached hydrogens (tertiary/aromatic N) is 1. The molecular formula is C11H12BrN3O4S. The Balaban J connectivity index is 2.38. The molecule has 0 aliphatic rings. The van der Waals surface area contributed by atoms with Gasteiger partial charge in [0.25, 0.3) is 10.0 Å². The predicted octanol–water partition coefficient (Wildman–Crippen LogP) is 1.47. The van der Waals surface area contributed by atoms with Crippen LogP contribution in [-0.4, -0.2) is 30.8 Å². The lowest BCUT2D eigenvalue weighted by atomic mass is 10.3. The number of aromatic amines is 1. The number of aliphatic hydroxyl groups is 1. The Labute approximate surface area is 124 Å². The zero-order chi connectivity index (χ0) is 14.8. The molecule has 108 valence electrons. The molecule has 0 atom stereocenters. The minimum atomic E-state index is -3.87. The molecule has 0 saturated heterocycles. The van der Waals surface area contributed by atoms with E-state index < -0.39 is 16.6 Å². The van der Waals surface area contributed by atoms with Crippen LogP contribution in [0, 0.1) is 0 Å². The average Bonchev–Trinajstić information content (AvgIpc) is 2.90. The number of hydrogen-bond acceptors (Lipinski definition) is 5. The van der Waals surface area contributed by atoms with Gasteiger partial charge in [-0.25, -0.2) is 0 Å². The van der Waals surface area contributed by atoms with Crippen LogP contribution in [0.2, 0.25) is 0 Å². The molecule has 0 aliphatic carbocycles. The van der Waals surface area contributed by atoms with Gasteiger partial charge < -0.3 is 9.84 Å². The second-order valence-electron chi connectivity index (χ2n) is 3.83. The molecule has 0 bridgehead atoms. The van der Waals surface area contributed by atoms with Gasteiger partial charge in [0.2, 0.25) is 0 Å². The molecular weight excluding hydrogens is 350 g/mol. The smallest absolute Gasteiger partial charge is 0.279 e. The van der Waals surface area contributed by atoms with Gasteiger partial charge in [-0.3, -0.25) is 9.82 Å². The molecule has 0 radical (unpaired) electrons. The van der Waals surface area contributed by atoms with Crippen molar-refractivity contribution >= 4 is 31.6 Å². The first-order chi connectivity index (χ1) is 9.47. The summed E-state index contributed by atoms with van der Waals surface area (Å²) >= 11 is 3.25. The molecule has 0 fully saturated rings. The molecule has 20 heavy (non-hydrogen) atoms. The number of ether oxygens (including phenoxy) is 1. The number of aromatic nitrogens is 2. The van der Waals surface area contributed by atoms with Crippen molar-refractivity contribution in [2.75, 3.05) is 11.8 Å². The highest BCUT2D eigenvalue weighted by molar-refractivity contribution is 9.10. The molecule has 3 N–H and O–H groups in total. The van der Waals surface area contributed by atoms with Crippen LogP contribution in [0.1, 0.15) is 5.56 Å². The number of methoxy groups -OCH3 is 1. The number of nitrogens with one attached hydrogen (secondary N) is 2. The number of hydrogen-bond donors (Lipinski definition) is 3. The number of H-pyrrole nitrogens is 1. The third kappa shape index (κ3) is 2.94. The average molecular weight is 362 g/mol. The molecule has 0 spiro atoms. The fourth-order valence-corrected chi connectivity index (χ4v) is 3.22. The summed E-state index contributed by atoms with van der Waals surface area (Å²) in [6.07, 6.45) is 1.26. The molecule has 1 aromatic carbocycles.